The molecule has 0 saturated heterocycles. The van der Waals surface area contributed by atoms with Gasteiger partial charge in [0.2, 0.25) is 0 Å². The summed E-state index contributed by atoms with van der Waals surface area (Å²) in [5, 5.41) is 6.65. The van der Waals surface area contributed by atoms with Crippen molar-refractivity contribution in [1.82, 2.24) is 10.6 Å². The summed E-state index contributed by atoms with van der Waals surface area (Å²) in [4.78, 5) is 4.71. The third-order valence-corrected chi connectivity index (χ3v) is 4.28. The second-order valence-electron chi connectivity index (χ2n) is 6.30. The van der Waals surface area contributed by atoms with Crippen molar-refractivity contribution in [3.05, 3.63) is 29.8 Å². The highest BCUT2D eigenvalue weighted by molar-refractivity contribution is 14.0. The van der Waals surface area contributed by atoms with Gasteiger partial charge in [-0.2, -0.15) is 0 Å². The number of guanidine groups is 1. The van der Waals surface area contributed by atoms with Gasteiger partial charge < -0.3 is 20.1 Å². The van der Waals surface area contributed by atoms with Gasteiger partial charge in [0.15, 0.2) is 5.96 Å². The first-order valence-electron chi connectivity index (χ1n) is 9.68. The van der Waals surface area contributed by atoms with Gasteiger partial charge in [0.05, 0.1) is 12.6 Å². The molecule has 0 atom stereocenters. The molecule has 2 N–H and O–H groups in total. The zero-order chi connectivity index (χ0) is 17.7. The summed E-state index contributed by atoms with van der Waals surface area (Å²) >= 11 is 0. The summed E-state index contributed by atoms with van der Waals surface area (Å²) in [7, 11) is 0. The third kappa shape index (κ3) is 8.58. The summed E-state index contributed by atoms with van der Waals surface area (Å²) in [6.45, 7) is 7.96. The standard InChI is InChI=1S/C20H33N3O2.HI/c1-3-21-20(22-14-9-15-24-4-2)23-16-17-10-5-8-13-19(17)25-18-11-6-7-12-18;/h5,8,10,13,18H,3-4,6-7,9,11-12,14-16H2,1-2H3,(H2,21,22,23);1H. The molecular weight excluding hydrogens is 441 g/mol. The Hall–Kier alpha value is -1.02. The van der Waals surface area contributed by atoms with Crippen molar-refractivity contribution in [2.45, 2.75) is 58.6 Å². The second-order valence-corrected chi connectivity index (χ2v) is 6.30. The smallest absolute Gasteiger partial charge is 0.191 e. The SMILES string of the molecule is CCNC(=NCc1ccccc1OC1CCCC1)NCCCOCC.I. The molecule has 1 aromatic carbocycles. The number of nitrogens with zero attached hydrogens (tertiary/aromatic N) is 1. The molecule has 0 spiro atoms. The molecule has 0 aromatic heterocycles. The predicted molar refractivity (Wildman–Crippen MR) is 119 cm³/mol. The number of halogens is 1. The molecule has 1 saturated carbocycles. The lowest BCUT2D eigenvalue weighted by Crippen LogP contribution is -2.38. The lowest BCUT2D eigenvalue weighted by atomic mass is 10.2. The number of nitrogens with one attached hydrogen (secondary N) is 2. The largest absolute Gasteiger partial charge is 0.490 e. The highest BCUT2D eigenvalue weighted by Gasteiger charge is 2.17. The van der Waals surface area contributed by atoms with Crippen LogP contribution in [0, 0.1) is 0 Å². The van der Waals surface area contributed by atoms with E-state index < -0.39 is 0 Å². The Kier molecular flexibility index (Phi) is 12.5. The van der Waals surface area contributed by atoms with Crippen LogP contribution in [0.2, 0.25) is 0 Å². The van der Waals surface area contributed by atoms with E-state index >= 15 is 0 Å². The first-order chi connectivity index (χ1) is 12.3. The zero-order valence-corrected chi connectivity index (χ0v) is 18.5. The number of rotatable bonds is 10. The molecule has 5 nitrogen and oxygen atoms in total. The Morgan fingerprint density at radius 3 is 2.65 bits per heavy atom. The molecule has 0 radical (unpaired) electrons. The monoisotopic (exact) mass is 475 g/mol. The molecule has 1 aromatic rings. The van der Waals surface area contributed by atoms with Crippen molar-refractivity contribution in [3.8, 4) is 5.75 Å². The highest BCUT2D eigenvalue weighted by atomic mass is 127. The van der Waals surface area contributed by atoms with Crippen LogP contribution < -0.4 is 15.4 Å². The molecule has 0 amide bonds. The molecule has 26 heavy (non-hydrogen) atoms. The van der Waals surface area contributed by atoms with Crippen molar-refractivity contribution < 1.29 is 9.47 Å². The molecule has 6 heteroatoms. The fraction of sp³-hybridized carbons (Fsp3) is 0.650. The van der Waals surface area contributed by atoms with Gasteiger partial charge >= 0.3 is 0 Å². The molecule has 1 fully saturated rings. The highest BCUT2D eigenvalue weighted by Crippen LogP contribution is 2.26. The van der Waals surface area contributed by atoms with E-state index in [1.165, 1.54) is 25.7 Å². The number of hydrogen-bond donors (Lipinski definition) is 2. The van der Waals surface area contributed by atoms with Gasteiger partial charge in [-0.05, 0) is 52.0 Å². The van der Waals surface area contributed by atoms with Gasteiger partial charge in [-0.1, -0.05) is 18.2 Å². The lowest BCUT2D eigenvalue weighted by Gasteiger charge is -2.16. The van der Waals surface area contributed by atoms with Crippen molar-refractivity contribution in [3.63, 3.8) is 0 Å². The molecular formula is C20H34IN3O2. The van der Waals surface area contributed by atoms with Gasteiger partial charge in [-0.25, -0.2) is 4.99 Å². The Labute approximate surface area is 175 Å². The van der Waals surface area contributed by atoms with Crippen molar-refractivity contribution >= 4 is 29.9 Å². The predicted octanol–water partition coefficient (Wildman–Crippen LogP) is 4.11. The summed E-state index contributed by atoms with van der Waals surface area (Å²) in [5.74, 6) is 1.82. The molecule has 0 heterocycles. The summed E-state index contributed by atoms with van der Waals surface area (Å²) in [6.07, 6.45) is 6.24. The maximum Gasteiger partial charge on any atom is 0.191 e. The molecule has 2 rings (SSSR count). The average Bonchev–Trinajstić information content (AvgIpc) is 3.13. The Bertz CT molecular complexity index is 520. The summed E-state index contributed by atoms with van der Waals surface area (Å²) in [6, 6.07) is 8.25. The second kappa shape index (κ2) is 14.1. The first-order valence-corrected chi connectivity index (χ1v) is 9.68. The quantitative estimate of drug-likeness (QED) is 0.232. The minimum absolute atomic E-state index is 0. The molecule has 0 bridgehead atoms. The van der Waals surface area contributed by atoms with Crippen LogP contribution in [0.25, 0.3) is 0 Å². The number of hydrogen-bond acceptors (Lipinski definition) is 3. The molecule has 148 valence electrons. The van der Waals surface area contributed by atoms with Gasteiger partial charge in [0.1, 0.15) is 5.75 Å². The average molecular weight is 475 g/mol. The van der Waals surface area contributed by atoms with Crippen molar-refractivity contribution in [1.29, 1.82) is 0 Å². The van der Waals surface area contributed by atoms with Crippen LogP contribution in [0.5, 0.6) is 5.75 Å². The lowest BCUT2D eigenvalue weighted by molar-refractivity contribution is 0.145. The van der Waals surface area contributed by atoms with Gasteiger partial charge in [-0.15, -0.1) is 24.0 Å². The van der Waals surface area contributed by atoms with Crippen LogP contribution in [-0.2, 0) is 11.3 Å². The third-order valence-electron chi connectivity index (χ3n) is 4.28. The topological polar surface area (TPSA) is 54.9 Å². The van der Waals surface area contributed by atoms with E-state index in [9.17, 15) is 0 Å². The molecule has 0 aliphatic heterocycles. The van der Waals surface area contributed by atoms with E-state index in [1.54, 1.807) is 0 Å². The Balaban J connectivity index is 0.00000338. The zero-order valence-electron chi connectivity index (χ0n) is 16.1. The molecule has 1 aliphatic carbocycles. The van der Waals surface area contributed by atoms with Crippen LogP contribution in [0.3, 0.4) is 0 Å². The fourth-order valence-electron chi connectivity index (χ4n) is 2.97. The van der Waals surface area contributed by atoms with E-state index in [4.69, 9.17) is 14.5 Å². The van der Waals surface area contributed by atoms with Crippen molar-refractivity contribution in [2.75, 3.05) is 26.3 Å². The van der Waals surface area contributed by atoms with Crippen LogP contribution in [0.15, 0.2) is 29.3 Å². The summed E-state index contributed by atoms with van der Waals surface area (Å²) in [5.41, 5.74) is 1.14. The van der Waals surface area contributed by atoms with Crippen LogP contribution >= 0.6 is 24.0 Å². The fourth-order valence-corrected chi connectivity index (χ4v) is 2.97. The van der Waals surface area contributed by atoms with E-state index in [0.717, 1.165) is 50.0 Å². The molecule has 0 unspecified atom stereocenters. The van der Waals surface area contributed by atoms with Crippen molar-refractivity contribution in [2.24, 2.45) is 4.99 Å². The number of para-hydroxylation sites is 1. The van der Waals surface area contributed by atoms with Gasteiger partial charge in [0, 0.05) is 31.9 Å². The van der Waals surface area contributed by atoms with E-state index in [0.29, 0.717) is 12.6 Å². The van der Waals surface area contributed by atoms with Gasteiger partial charge in [-0.3, -0.25) is 0 Å². The first kappa shape index (κ1) is 23.0. The van der Waals surface area contributed by atoms with Crippen LogP contribution in [0.4, 0.5) is 0 Å². The Morgan fingerprint density at radius 2 is 1.92 bits per heavy atom. The number of ether oxygens (including phenoxy) is 2. The molecule has 1 aliphatic rings. The van der Waals surface area contributed by atoms with Crippen LogP contribution in [0.1, 0.15) is 51.5 Å². The Morgan fingerprint density at radius 1 is 1.15 bits per heavy atom. The minimum atomic E-state index is 0. The van der Waals surface area contributed by atoms with E-state index in [1.807, 2.05) is 13.0 Å². The normalized spacial score (nSPS) is 14.8. The number of aliphatic imine (C=N–C) groups is 1. The summed E-state index contributed by atoms with van der Waals surface area (Å²) < 4.78 is 11.6. The minimum Gasteiger partial charge on any atom is -0.490 e. The maximum absolute atomic E-state index is 6.20. The maximum atomic E-state index is 6.20. The van der Waals surface area contributed by atoms with E-state index in [2.05, 4.69) is 35.8 Å². The van der Waals surface area contributed by atoms with Gasteiger partial charge in [0.25, 0.3) is 0 Å². The van der Waals surface area contributed by atoms with E-state index in [-0.39, 0.29) is 24.0 Å². The number of benzene rings is 1. The van der Waals surface area contributed by atoms with Crippen LogP contribution in [-0.4, -0.2) is 38.4 Å².